The number of methoxy groups -OCH3 is 1. The molecule has 0 saturated heterocycles. The summed E-state index contributed by atoms with van der Waals surface area (Å²) in [5.74, 6) is 0. The van der Waals surface area contributed by atoms with Gasteiger partial charge in [0.15, 0.2) is 6.29 Å². The molecule has 0 bridgehead atoms. The number of benzene rings is 1. The van der Waals surface area contributed by atoms with Crippen LogP contribution in [0.4, 0.5) is 0 Å². The molecule has 0 atom stereocenters. The van der Waals surface area contributed by atoms with Gasteiger partial charge in [-0.15, -0.1) is 0 Å². The van der Waals surface area contributed by atoms with Gasteiger partial charge in [-0.2, -0.15) is 0 Å². The number of carbonyl (C=O) groups is 1. The number of nitrogens with zero attached hydrogens (tertiary/aromatic N) is 1. The maximum Gasteiger partial charge on any atom is 0.168 e. The highest BCUT2D eigenvalue weighted by molar-refractivity contribution is 5.77. The van der Waals surface area contributed by atoms with Crippen molar-refractivity contribution in [3.05, 3.63) is 53.3 Å². The lowest BCUT2D eigenvalue weighted by molar-refractivity contribution is 0.111. The number of rotatable bonds is 9. The van der Waals surface area contributed by atoms with Crippen LogP contribution in [0.1, 0.15) is 54.4 Å². The molecule has 2 aromatic rings. The first kappa shape index (κ1) is 17.4. The van der Waals surface area contributed by atoms with Crippen molar-refractivity contribution in [2.24, 2.45) is 0 Å². The van der Waals surface area contributed by atoms with Gasteiger partial charge in [-0.25, -0.2) is 4.98 Å². The number of hydrogen-bond donors (Lipinski definition) is 0. The Morgan fingerprint density at radius 1 is 1.13 bits per heavy atom. The van der Waals surface area contributed by atoms with Crippen LogP contribution in [0.3, 0.4) is 0 Å². The lowest BCUT2D eigenvalue weighted by Crippen LogP contribution is -2.05. The molecule has 0 aliphatic heterocycles. The van der Waals surface area contributed by atoms with E-state index in [0.29, 0.717) is 12.3 Å². The summed E-state index contributed by atoms with van der Waals surface area (Å²) in [6.45, 7) is 2.60. The Morgan fingerprint density at radius 3 is 2.57 bits per heavy atom. The Bertz CT molecular complexity index is 623. The Morgan fingerprint density at radius 2 is 1.91 bits per heavy atom. The molecular weight excluding hydrogens is 286 g/mol. The SMILES string of the molecule is CCCCCCc1cc(-c2ccccc2)c(COC)nc1C=O. The first-order chi connectivity index (χ1) is 11.3. The lowest BCUT2D eigenvalue weighted by atomic mass is 9.97. The van der Waals surface area contributed by atoms with E-state index >= 15 is 0 Å². The van der Waals surface area contributed by atoms with Crippen LogP contribution < -0.4 is 0 Å². The molecule has 0 N–H and O–H groups in total. The van der Waals surface area contributed by atoms with Gasteiger partial charge in [0.05, 0.1) is 12.3 Å². The maximum absolute atomic E-state index is 11.4. The zero-order valence-corrected chi connectivity index (χ0v) is 14.0. The largest absolute Gasteiger partial charge is 0.378 e. The monoisotopic (exact) mass is 311 g/mol. The fourth-order valence-corrected chi connectivity index (χ4v) is 2.77. The van der Waals surface area contributed by atoms with E-state index in [9.17, 15) is 4.79 Å². The molecule has 0 spiro atoms. The normalized spacial score (nSPS) is 10.7. The fraction of sp³-hybridized carbons (Fsp3) is 0.400. The van der Waals surface area contributed by atoms with Gasteiger partial charge in [-0.3, -0.25) is 4.79 Å². The molecule has 0 saturated carbocycles. The number of aromatic nitrogens is 1. The third kappa shape index (κ3) is 4.73. The molecule has 1 aromatic heterocycles. The summed E-state index contributed by atoms with van der Waals surface area (Å²) in [6.07, 6.45) is 6.48. The van der Waals surface area contributed by atoms with Crippen molar-refractivity contribution < 1.29 is 9.53 Å². The molecule has 3 heteroatoms. The van der Waals surface area contributed by atoms with Gasteiger partial charge in [-0.1, -0.05) is 56.5 Å². The molecule has 0 aliphatic carbocycles. The molecule has 1 heterocycles. The second-order valence-electron chi connectivity index (χ2n) is 5.75. The number of hydrogen-bond acceptors (Lipinski definition) is 3. The lowest BCUT2D eigenvalue weighted by Gasteiger charge is -2.13. The highest BCUT2D eigenvalue weighted by atomic mass is 16.5. The quantitative estimate of drug-likeness (QED) is 0.492. The number of ether oxygens (including phenoxy) is 1. The van der Waals surface area contributed by atoms with E-state index in [1.807, 2.05) is 18.2 Å². The Hall–Kier alpha value is -2.00. The summed E-state index contributed by atoms with van der Waals surface area (Å²) in [4.78, 5) is 16.0. The minimum atomic E-state index is 0.404. The molecule has 0 unspecified atom stereocenters. The topological polar surface area (TPSA) is 39.2 Å². The molecule has 122 valence electrons. The summed E-state index contributed by atoms with van der Waals surface area (Å²) < 4.78 is 5.26. The molecule has 0 fully saturated rings. The van der Waals surface area contributed by atoms with Crippen LogP contribution in [0, 0.1) is 0 Å². The maximum atomic E-state index is 11.4. The van der Waals surface area contributed by atoms with Crippen molar-refractivity contribution >= 4 is 6.29 Å². The Balaban J connectivity index is 2.36. The zero-order chi connectivity index (χ0) is 16.5. The van der Waals surface area contributed by atoms with Gasteiger partial charge in [0.25, 0.3) is 0 Å². The Kier molecular flexibility index (Phi) is 6.95. The Labute approximate surface area is 138 Å². The van der Waals surface area contributed by atoms with Gasteiger partial charge in [0, 0.05) is 12.7 Å². The van der Waals surface area contributed by atoms with Crippen LogP contribution in [-0.2, 0) is 17.8 Å². The number of carbonyl (C=O) groups excluding carboxylic acids is 1. The van der Waals surface area contributed by atoms with Crippen molar-refractivity contribution in [1.82, 2.24) is 4.98 Å². The molecule has 0 amide bonds. The van der Waals surface area contributed by atoms with Crippen LogP contribution >= 0.6 is 0 Å². The van der Waals surface area contributed by atoms with E-state index in [1.165, 1.54) is 19.3 Å². The first-order valence-electron chi connectivity index (χ1n) is 8.32. The van der Waals surface area contributed by atoms with Crippen molar-refractivity contribution in [1.29, 1.82) is 0 Å². The number of aldehydes is 1. The number of unbranched alkanes of at least 4 members (excludes halogenated alkanes) is 3. The zero-order valence-electron chi connectivity index (χ0n) is 14.0. The van der Waals surface area contributed by atoms with E-state index in [1.54, 1.807) is 7.11 Å². The van der Waals surface area contributed by atoms with E-state index in [4.69, 9.17) is 4.74 Å². The van der Waals surface area contributed by atoms with Gasteiger partial charge >= 0.3 is 0 Å². The minimum absolute atomic E-state index is 0.404. The summed E-state index contributed by atoms with van der Waals surface area (Å²) in [5.41, 5.74) is 4.57. The van der Waals surface area contributed by atoms with Crippen LogP contribution in [0.5, 0.6) is 0 Å². The fourth-order valence-electron chi connectivity index (χ4n) is 2.77. The van der Waals surface area contributed by atoms with Gasteiger partial charge < -0.3 is 4.74 Å². The van der Waals surface area contributed by atoms with E-state index in [2.05, 4.69) is 30.1 Å². The van der Waals surface area contributed by atoms with Crippen LogP contribution in [0.25, 0.3) is 11.1 Å². The van der Waals surface area contributed by atoms with Crippen molar-refractivity contribution in [3.8, 4) is 11.1 Å². The predicted molar refractivity (Wildman–Crippen MR) is 93.6 cm³/mol. The molecule has 2 rings (SSSR count). The standard InChI is InChI=1S/C20H25NO2/c1-3-4-5-7-12-17-13-18(16-10-8-6-9-11-16)20(15-23-2)21-19(17)14-22/h6,8-11,13-14H,3-5,7,12,15H2,1-2H3. The average molecular weight is 311 g/mol. The van der Waals surface area contributed by atoms with Crippen molar-refractivity contribution in [3.63, 3.8) is 0 Å². The minimum Gasteiger partial charge on any atom is -0.378 e. The number of pyridine rings is 1. The highest BCUT2D eigenvalue weighted by Gasteiger charge is 2.13. The summed E-state index contributed by atoms with van der Waals surface area (Å²) in [6, 6.07) is 12.3. The summed E-state index contributed by atoms with van der Waals surface area (Å²) in [5, 5.41) is 0. The molecule has 0 aliphatic rings. The smallest absolute Gasteiger partial charge is 0.168 e. The van der Waals surface area contributed by atoms with E-state index in [0.717, 1.165) is 41.5 Å². The number of aryl methyl sites for hydroxylation is 1. The van der Waals surface area contributed by atoms with E-state index < -0.39 is 0 Å². The highest BCUT2D eigenvalue weighted by Crippen LogP contribution is 2.26. The van der Waals surface area contributed by atoms with Crippen molar-refractivity contribution in [2.75, 3.05) is 7.11 Å². The van der Waals surface area contributed by atoms with Crippen LogP contribution in [-0.4, -0.2) is 18.4 Å². The van der Waals surface area contributed by atoms with E-state index in [-0.39, 0.29) is 0 Å². The van der Waals surface area contributed by atoms with Gasteiger partial charge in [-0.05, 0) is 30.0 Å². The molecule has 1 aromatic carbocycles. The average Bonchev–Trinajstić information content (AvgIpc) is 2.60. The second kappa shape index (κ2) is 9.21. The van der Waals surface area contributed by atoms with Crippen LogP contribution in [0.2, 0.25) is 0 Å². The molecular formula is C20H25NO2. The molecule has 23 heavy (non-hydrogen) atoms. The second-order valence-corrected chi connectivity index (χ2v) is 5.75. The third-order valence-electron chi connectivity index (χ3n) is 3.99. The van der Waals surface area contributed by atoms with Crippen LogP contribution in [0.15, 0.2) is 36.4 Å². The third-order valence-corrected chi connectivity index (χ3v) is 3.99. The molecule has 0 radical (unpaired) electrons. The van der Waals surface area contributed by atoms with Gasteiger partial charge in [0.1, 0.15) is 5.69 Å². The molecule has 3 nitrogen and oxygen atoms in total. The van der Waals surface area contributed by atoms with Crippen molar-refractivity contribution in [2.45, 2.75) is 45.6 Å². The summed E-state index contributed by atoms with van der Waals surface area (Å²) >= 11 is 0. The summed E-state index contributed by atoms with van der Waals surface area (Å²) in [7, 11) is 1.65. The first-order valence-corrected chi connectivity index (χ1v) is 8.32. The predicted octanol–water partition coefficient (Wildman–Crippen LogP) is 4.83. The van der Waals surface area contributed by atoms with Gasteiger partial charge in [0.2, 0.25) is 0 Å².